The molecule has 1 heterocycles. The molecule has 4 heteroatoms. The van der Waals surface area contributed by atoms with E-state index in [1.807, 2.05) is 6.07 Å². The lowest BCUT2D eigenvalue weighted by Crippen LogP contribution is -2.25. The fraction of sp³-hybridized carbons (Fsp3) is 0.333. The molecule has 0 saturated carbocycles. The Balaban J connectivity index is 2.21. The van der Waals surface area contributed by atoms with Crippen molar-refractivity contribution in [1.29, 1.82) is 0 Å². The van der Waals surface area contributed by atoms with Gasteiger partial charge in [-0.3, -0.25) is 9.36 Å². The van der Waals surface area contributed by atoms with E-state index < -0.39 is 0 Å². The van der Waals surface area contributed by atoms with Crippen LogP contribution in [0.5, 0.6) is 0 Å². The van der Waals surface area contributed by atoms with Crippen LogP contribution in [0.1, 0.15) is 17.5 Å². The third-order valence-corrected chi connectivity index (χ3v) is 3.96. The summed E-state index contributed by atoms with van der Waals surface area (Å²) in [4.78, 5) is 17.0. The van der Waals surface area contributed by atoms with Crippen molar-refractivity contribution in [2.24, 2.45) is 0 Å². The first-order chi connectivity index (χ1) is 9.31. The molecule has 0 amide bonds. The maximum atomic E-state index is 12.5. The molecule has 1 aliphatic carbocycles. The van der Waals surface area contributed by atoms with E-state index in [1.165, 1.54) is 5.56 Å². The highest BCUT2D eigenvalue weighted by atomic mass is 79.9. The second-order valence-corrected chi connectivity index (χ2v) is 5.56. The van der Waals surface area contributed by atoms with Gasteiger partial charge in [-0.2, -0.15) is 0 Å². The van der Waals surface area contributed by atoms with Crippen molar-refractivity contribution in [2.75, 3.05) is 5.33 Å². The summed E-state index contributed by atoms with van der Waals surface area (Å²) >= 11 is 3.37. The van der Waals surface area contributed by atoms with E-state index in [0.717, 1.165) is 41.4 Å². The molecule has 0 bridgehead atoms. The summed E-state index contributed by atoms with van der Waals surface area (Å²) in [5.41, 5.74) is 4.28. The van der Waals surface area contributed by atoms with Gasteiger partial charge in [-0.1, -0.05) is 40.2 Å². The monoisotopic (exact) mass is 318 g/mol. The van der Waals surface area contributed by atoms with Crippen molar-refractivity contribution < 1.29 is 0 Å². The molecule has 1 aromatic carbocycles. The topological polar surface area (TPSA) is 34.9 Å². The van der Waals surface area contributed by atoms with Crippen LogP contribution in [-0.4, -0.2) is 14.9 Å². The largest absolute Gasteiger partial charge is 0.298 e. The Labute approximate surface area is 120 Å². The molecular weight excluding hydrogens is 304 g/mol. The van der Waals surface area contributed by atoms with Gasteiger partial charge in [0.1, 0.15) is 0 Å². The Morgan fingerprint density at radius 1 is 1.26 bits per heavy atom. The molecule has 0 radical (unpaired) electrons. The lowest BCUT2D eigenvalue weighted by Gasteiger charge is -2.10. The Hall–Kier alpha value is -1.42. The van der Waals surface area contributed by atoms with Crippen LogP contribution in [0.15, 0.2) is 35.4 Å². The molecule has 2 aromatic rings. The SMILES string of the molecule is O=c1c2c(ncn1CCBr)-c1ccccc1CCC2. The average molecular weight is 319 g/mol. The zero-order chi connectivity index (χ0) is 13.2. The van der Waals surface area contributed by atoms with E-state index in [2.05, 4.69) is 39.1 Å². The van der Waals surface area contributed by atoms with Gasteiger partial charge in [0.2, 0.25) is 0 Å². The molecule has 0 saturated heterocycles. The molecule has 98 valence electrons. The number of nitrogens with zero attached hydrogens (tertiary/aromatic N) is 2. The number of alkyl halides is 1. The number of rotatable bonds is 2. The number of hydrogen-bond donors (Lipinski definition) is 0. The zero-order valence-electron chi connectivity index (χ0n) is 10.6. The maximum absolute atomic E-state index is 12.5. The first-order valence-electron chi connectivity index (χ1n) is 6.54. The number of halogens is 1. The van der Waals surface area contributed by atoms with E-state index in [0.29, 0.717) is 6.54 Å². The van der Waals surface area contributed by atoms with Gasteiger partial charge >= 0.3 is 0 Å². The highest BCUT2D eigenvalue weighted by molar-refractivity contribution is 9.09. The van der Waals surface area contributed by atoms with E-state index in [-0.39, 0.29) is 5.56 Å². The fourth-order valence-corrected chi connectivity index (χ4v) is 3.05. The summed E-state index contributed by atoms with van der Waals surface area (Å²) in [5, 5.41) is 0.768. The van der Waals surface area contributed by atoms with Gasteiger partial charge in [0.25, 0.3) is 5.56 Å². The number of benzene rings is 1. The molecule has 0 atom stereocenters. The quantitative estimate of drug-likeness (QED) is 0.798. The summed E-state index contributed by atoms with van der Waals surface area (Å²) in [6, 6.07) is 8.27. The third-order valence-electron chi connectivity index (χ3n) is 3.60. The van der Waals surface area contributed by atoms with Crippen molar-refractivity contribution in [1.82, 2.24) is 9.55 Å². The molecule has 1 aromatic heterocycles. The molecule has 0 fully saturated rings. The number of aryl methyl sites for hydroxylation is 2. The van der Waals surface area contributed by atoms with Crippen LogP contribution < -0.4 is 5.56 Å². The van der Waals surface area contributed by atoms with Gasteiger partial charge in [0.15, 0.2) is 0 Å². The molecule has 3 rings (SSSR count). The fourth-order valence-electron chi connectivity index (χ4n) is 2.67. The lowest BCUT2D eigenvalue weighted by molar-refractivity contribution is 0.697. The Morgan fingerprint density at radius 2 is 2.11 bits per heavy atom. The minimum absolute atomic E-state index is 0.112. The van der Waals surface area contributed by atoms with Crippen LogP contribution in [0.4, 0.5) is 0 Å². The standard InChI is InChI=1S/C15H15BrN2O/c16-8-9-18-10-17-14-12-6-2-1-4-11(12)5-3-7-13(14)15(18)19/h1-2,4,6,10H,3,5,7-9H2. The van der Waals surface area contributed by atoms with Crippen molar-refractivity contribution in [3.8, 4) is 11.3 Å². The van der Waals surface area contributed by atoms with Gasteiger partial charge in [-0.05, 0) is 24.8 Å². The number of hydrogen-bond acceptors (Lipinski definition) is 2. The van der Waals surface area contributed by atoms with Gasteiger partial charge in [-0.25, -0.2) is 4.98 Å². The molecule has 19 heavy (non-hydrogen) atoms. The van der Waals surface area contributed by atoms with Crippen LogP contribution in [0.2, 0.25) is 0 Å². The van der Waals surface area contributed by atoms with Crippen molar-refractivity contribution in [3.05, 3.63) is 52.1 Å². The van der Waals surface area contributed by atoms with Crippen LogP contribution >= 0.6 is 15.9 Å². The summed E-state index contributed by atoms with van der Waals surface area (Å²) in [6.07, 6.45) is 4.52. The van der Waals surface area contributed by atoms with Gasteiger partial charge in [0, 0.05) is 23.0 Å². The first kappa shape index (κ1) is 12.6. The van der Waals surface area contributed by atoms with Crippen molar-refractivity contribution >= 4 is 15.9 Å². The lowest BCUT2D eigenvalue weighted by atomic mass is 10.0. The Morgan fingerprint density at radius 3 is 2.95 bits per heavy atom. The van der Waals surface area contributed by atoms with Crippen molar-refractivity contribution in [3.63, 3.8) is 0 Å². The summed E-state index contributed by atoms with van der Waals surface area (Å²) < 4.78 is 1.70. The molecule has 0 unspecified atom stereocenters. The molecule has 0 aliphatic heterocycles. The summed E-state index contributed by atoms with van der Waals surface area (Å²) in [5.74, 6) is 0. The van der Waals surface area contributed by atoms with Gasteiger partial charge in [-0.15, -0.1) is 0 Å². The zero-order valence-corrected chi connectivity index (χ0v) is 12.2. The second-order valence-electron chi connectivity index (χ2n) is 4.77. The van der Waals surface area contributed by atoms with E-state index in [4.69, 9.17) is 0 Å². The summed E-state index contributed by atoms with van der Waals surface area (Å²) in [7, 11) is 0. The third kappa shape index (κ3) is 2.25. The van der Waals surface area contributed by atoms with Crippen LogP contribution in [0, 0.1) is 0 Å². The van der Waals surface area contributed by atoms with E-state index in [1.54, 1.807) is 10.9 Å². The molecule has 0 N–H and O–H groups in total. The Kier molecular flexibility index (Phi) is 3.51. The predicted octanol–water partition coefficient (Wildman–Crippen LogP) is 2.79. The highest BCUT2D eigenvalue weighted by Crippen LogP contribution is 2.28. The smallest absolute Gasteiger partial charge is 0.257 e. The van der Waals surface area contributed by atoms with E-state index in [9.17, 15) is 4.79 Å². The number of fused-ring (bicyclic) bond motifs is 3. The minimum Gasteiger partial charge on any atom is -0.298 e. The molecular formula is C15H15BrN2O. The van der Waals surface area contributed by atoms with Gasteiger partial charge in [0.05, 0.1) is 12.0 Å². The average Bonchev–Trinajstić information content (AvgIpc) is 2.62. The predicted molar refractivity (Wildman–Crippen MR) is 79.8 cm³/mol. The van der Waals surface area contributed by atoms with Crippen molar-refractivity contribution in [2.45, 2.75) is 25.8 Å². The van der Waals surface area contributed by atoms with E-state index >= 15 is 0 Å². The minimum atomic E-state index is 0.112. The molecule has 3 nitrogen and oxygen atoms in total. The normalized spacial score (nSPS) is 13.5. The molecule has 1 aliphatic rings. The highest BCUT2D eigenvalue weighted by Gasteiger charge is 2.18. The Bertz CT molecular complexity index is 663. The molecule has 0 spiro atoms. The second kappa shape index (κ2) is 5.29. The van der Waals surface area contributed by atoms with Crippen LogP contribution in [0.25, 0.3) is 11.3 Å². The number of aromatic nitrogens is 2. The first-order valence-corrected chi connectivity index (χ1v) is 7.66. The maximum Gasteiger partial charge on any atom is 0.257 e. The summed E-state index contributed by atoms with van der Waals surface area (Å²) in [6.45, 7) is 0.667. The van der Waals surface area contributed by atoms with Crippen LogP contribution in [-0.2, 0) is 19.4 Å². The van der Waals surface area contributed by atoms with Crippen LogP contribution in [0.3, 0.4) is 0 Å². The van der Waals surface area contributed by atoms with Gasteiger partial charge < -0.3 is 0 Å².